The van der Waals surface area contributed by atoms with Gasteiger partial charge in [-0.25, -0.2) is 0 Å². The zero-order valence-electron chi connectivity index (χ0n) is 19.3. The second kappa shape index (κ2) is 9.41. The molecule has 0 atom stereocenters. The molecule has 4 aromatic carbocycles. The predicted molar refractivity (Wildman–Crippen MR) is 135 cm³/mol. The molecule has 6 rings (SSSR count). The first-order chi connectivity index (χ1) is 16.7. The van der Waals surface area contributed by atoms with Crippen LogP contribution in [0.4, 0.5) is 0 Å². The number of aromatic nitrogens is 5. The van der Waals surface area contributed by atoms with Crippen molar-refractivity contribution in [3.63, 3.8) is 0 Å². The smallest absolute Gasteiger partial charge is 0.114 e. The van der Waals surface area contributed by atoms with Crippen LogP contribution in [0.5, 0.6) is 0 Å². The first-order valence-electron chi connectivity index (χ1n) is 11.2. The maximum Gasteiger partial charge on any atom is 0.114 e. The molecule has 0 spiro atoms. The Labute approximate surface area is 217 Å². The molecular formula is C29H22IrN5-. The normalized spacial score (nSPS) is 10.9. The number of aryl methyl sites for hydroxylation is 2. The van der Waals surface area contributed by atoms with E-state index in [4.69, 9.17) is 4.98 Å². The first kappa shape index (κ1) is 22.9. The summed E-state index contributed by atoms with van der Waals surface area (Å²) in [5.74, 6) is 0.725. The van der Waals surface area contributed by atoms with Gasteiger partial charge in [0.05, 0.1) is 12.2 Å². The molecule has 173 valence electrons. The molecule has 0 saturated carbocycles. The van der Waals surface area contributed by atoms with E-state index in [0.29, 0.717) is 0 Å². The quantitative estimate of drug-likeness (QED) is 0.213. The topological polar surface area (TPSA) is 48.5 Å². The van der Waals surface area contributed by atoms with Crippen molar-refractivity contribution in [1.82, 2.24) is 24.3 Å². The molecule has 2 heterocycles. The standard InChI is InChI=1S/C29H22N5.Ir/c1-20-16-23(22-10-5-3-6-11-22)17-21(2)28(20)34-19-31-32-29(34)25-14-9-15-26-27(25)30-18-33(26)24-12-7-4-8-13-24;/h3-13,15-19H,1-2H3;/q-1;. The van der Waals surface area contributed by atoms with E-state index in [0.717, 1.165) is 44.9 Å². The fourth-order valence-corrected chi connectivity index (χ4v) is 4.65. The van der Waals surface area contributed by atoms with Gasteiger partial charge in [-0.2, -0.15) is 5.10 Å². The van der Waals surface area contributed by atoms with Gasteiger partial charge in [0.1, 0.15) is 6.33 Å². The van der Waals surface area contributed by atoms with E-state index in [-0.39, 0.29) is 20.1 Å². The van der Waals surface area contributed by atoms with Crippen molar-refractivity contribution in [2.75, 3.05) is 0 Å². The monoisotopic (exact) mass is 633 g/mol. The summed E-state index contributed by atoms with van der Waals surface area (Å²) in [6.07, 6.45) is 3.62. The molecule has 0 fully saturated rings. The summed E-state index contributed by atoms with van der Waals surface area (Å²) >= 11 is 0. The molecule has 0 aliphatic carbocycles. The number of fused-ring (bicyclic) bond motifs is 1. The van der Waals surface area contributed by atoms with Gasteiger partial charge in [0, 0.05) is 37.0 Å². The summed E-state index contributed by atoms with van der Waals surface area (Å²) in [6.45, 7) is 4.26. The molecule has 0 saturated heterocycles. The number of nitrogens with zero attached hydrogens (tertiary/aromatic N) is 5. The third kappa shape index (κ3) is 4.01. The van der Waals surface area contributed by atoms with Crippen LogP contribution in [0.25, 0.3) is 44.9 Å². The van der Waals surface area contributed by atoms with Crippen LogP contribution in [0.15, 0.2) is 97.6 Å². The van der Waals surface area contributed by atoms with Crippen LogP contribution in [-0.2, 0) is 20.1 Å². The zero-order chi connectivity index (χ0) is 23.1. The third-order valence-corrected chi connectivity index (χ3v) is 6.15. The van der Waals surface area contributed by atoms with Crippen LogP contribution in [0.2, 0.25) is 0 Å². The van der Waals surface area contributed by atoms with Crippen molar-refractivity contribution in [2.24, 2.45) is 0 Å². The van der Waals surface area contributed by atoms with Crippen molar-refractivity contribution in [1.29, 1.82) is 0 Å². The summed E-state index contributed by atoms with van der Waals surface area (Å²) in [6, 6.07) is 32.4. The first-order valence-corrected chi connectivity index (χ1v) is 11.2. The molecule has 2 aromatic heterocycles. The summed E-state index contributed by atoms with van der Waals surface area (Å²) in [7, 11) is 0. The predicted octanol–water partition coefficient (Wildman–Crippen LogP) is 6.35. The second-order valence-corrected chi connectivity index (χ2v) is 8.39. The maximum atomic E-state index is 4.73. The number of rotatable bonds is 4. The Balaban J connectivity index is 0.00000253. The minimum absolute atomic E-state index is 0. The van der Waals surface area contributed by atoms with Gasteiger partial charge in [-0.3, -0.25) is 4.98 Å². The average molecular weight is 633 g/mol. The Hall–Kier alpha value is -3.86. The number of hydrogen-bond acceptors (Lipinski definition) is 3. The van der Waals surface area contributed by atoms with Gasteiger partial charge in [0.25, 0.3) is 0 Å². The van der Waals surface area contributed by atoms with E-state index in [2.05, 4.69) is 83.2 Å². The van der Waals surface area contributed by atoms with Crippen LogP contribution in [0.1, 0.15) is 11.1 Å². The van der Waals surface area contributed by atoms with Crippen LogP contribution in [0.3, 0.4) is 0 Å². The molecular weight excluding hydrogens is 611 g/mol. The summed E-state index contributed by atoms with van der Waals surface area (Å²) in [5.41, 5.74) is 9.52. The number of benzene rings is 4. The molecule has 6 aromatic rings. The Kier molecular flexibility index (Phi) is 6.16. The Morgan fingerprint density at radius 2 is 1.43 bits per heavy atom. The Morgan fingerprint density at radius 3 is 2.14 bits per heavy atom. The van der Waals surface area contributed by atoms with E-state index in [1.807, 2.05) is 47.3 Å². The van der Waals surface area contributed by atoms with Crippen molar-refractivity contribution in [3.05, 3.63) is 115 Å². The van der Waals surface area contributed by atoms with Crippen molar-refractivity contribution >= 4 is 11.0 Å². The van der Waals surface area contributed by atoms with E-state index in [9.17, 15) is 0 Å². The molecule has 0 aliphatic heterocycles. The van der Waals surface area contributed by atoms with Gasteiger partial charge in [0.2, 0.25) is 0 Å². The Morgan fingerprint density at radius 1 is 0.743 bits per heavy atom. The van der Waals surface area contributed by atoms with Crippen molar-refractivity contribution in [3.8, 4) is 33.9 Å². The van der Waals surface area contributed by atoms with E-state index in [1.165, 1.54) is 11.1 Å². The van der Waals surface area contributed by atoms with Crippen LogP contribution >= 0.6 is 0 Å². The molecule has 0 bridgehead atoms. The maximum absolute atomic E-state index is 4.73. The minimum atomic E-state index is 0. The third-order valence-electron chi connectivity index (χ3n) is 6.15. The van der Waals surface area contributed by atoms with Crippen molar-refractivity contribution < 1.29 is 20.1 Å². The van der Waals surface area contributed by atoms with Crippen LogP contribution < -0.4 is 0 Å². The van der Waals surface area contributed by atoms with Gasteiger partial charge < -0.3 is 9.13 Å². The van der Waals surface area contributed by atoms with E-state index in [1.54, 1.807) is 6.33 Å². The number of imidazole rings is 1. The molecule has 0 amide bonds. The van der Waals surface area contributed by atoms with Crippen molar-refractivity contribution in [2.45, 2.75) is 13.8 Å². The van der Waals surface area contributed by atoms with E-state index >= 15 is 0 Å². The fourth-order valence-electron chi connectivity index (χ4n) is 4.65. The second-order valence-electron chi connectivity index (χ2n) is 8.39. The largest absolute Gasteiger partial charge is 0.322 e. The molecule has 5 nitrogen and oxygen atoms in total. The fraction of sp³-hybridized carbons (Fsp3) is 0.0690. The molecule has 1 radical (unpaired) electrons. The van der Waals surface area contributed by atoms with E-state index < -0.39 is 0 Å². The van der Waals surface area contributed by atoms with Gasteiger partial charge in [0.15, 0.2) is 0 Å². The van der Waals surface area contributed by atoms with Gasteiger partial charge in [-0.05, 0) is 65.9 Å². The van der Waals surface area contributed by atoms with Crippen LogP contribution in [-0.4, -0.2) is 24.3 Å². The SMILES string of the molecule is Cc1cc(-c2ccccc2)cc(C)c1-n1cnnc1-c1[c-]ccc2c1ncn2-c1ccccc1.[Ir]. The van der Waals surface area contributed by atoms with Crippen LogP contribution in [0, 0.1) is 19.9 Å². The molecule has 0 N–H and O–H groups in total. The molecule has 6 heteroatoms. The van der Waals surface area contributed by atoms with Gasteiger partial charge in [-0.15, -0.1) is 23.3 Å². The number of para-hydroxylation sites is 1. The molecule has 0 aliphatic rings. The summed E-state index contributed by atoms with van der Waals surface area (Å²) in [5, 5.41) is 8.76. The minimum Gasteiger partial charge on any atom is -0.322 e. The molecule has 35 heavy (non-hydrogen) atoms. The van der Waals surface area contributed by atoms with Gasteiger partial charge >= 0.3 is 0 Å². The summed E-state index contributed by atoms with van der Waals surface area (Å²) < 4.78 is 4.13. The zero-order valence-corrected chi connectivity index (χ0v) is 21.7. The summed E-state index contributed by atoms with van der Waals surface area (Å²) in [4.78, 5) is 4.73. The average Bonchev–Trinajstić information content (AvgIpc) is 3.52. The Bertz CT molecular complexity index is 1590. The number of hydrogen-bond donors (Lipinski definition) is 0. The van der Waals surface area contributed by atoms with Gasteiger partial charge in [-0.1, -0.05) is 54.1 Å². The molecule has 0 unspecified atom stereocenters.